The number of nitrogen functional groups attached to an aromatic ring is 1. The first-order chi connectivity index (χ1) is 9.92. The second-order valence-electron chi connectivity index (χ2n) is 5.30. The van der Waals surface area contributed by atoms with Crippen molar-refractivity contribution in [3.63, 3.8) is 0 Å². The Morgan fingerprint density at radius 2 is 2.19 bits per heavy atom. The number of fused-ring (bicyclic) bond motifs is 1. The number of aliphatic carboxylic acids is 1. The summed E-state index contributed by atoms with van der Waals surface area (Å²) in [5.74, 6) is -0.239. The Balaban J connectivity index is 2.40. The average molecular weight is 292 g/mol. The average Bonchev–Trinajstić information content (AvgIpc) is 2.80. The third kappa shape index (κ3) is 3.21. The summed E-state index contributed by atoms with van der Waals surface area (Å²) in [6, 6.07) is -0.741. The second-order valence-corrected chi connectivity index (χ2v) is 5.30. The van der Waals surface area contributed by atoms with E-state index in [0.29, 0.717) is 29.9 Å². The van der Waals surface area contributed by atoms with Crippen LogP contribution >= 0.6 is 0 Å². The van der Waals surface area contributed by atoms with E-state index >= 15 is 0 Å². The van der Waals surface area contributed by atoms with Crippen molar-refractivity contribution in [2.24, 2.45) is 5.92 Å². The maximum Gasteiger partial charge on any atom is 0.326 e. The molecule has 0 bridgehead atoms. The highest BCUT2D eigenvalue weighted by atomic mass is 16.4. The third-order valence-electron chi connectivity index (χ3n) is 3.14. The summed E-state index contributed by atoms with van der Waals surface area (Å²) in [7, 11) is 0. The largest absolute Gasteiger partial charge is 0.480 e. The van der Waals surface area contributed by atoms with E-state index in [0.717, 1.165) is 0 Å². The van der Waals surface area contributed by atoms with E-state index in [4.69, 9.17) is 5.73 Å². The van der Waals surface area contributed by atoms with E-state index in [9.17, 15) is 9.90 Å². The zero-order valence-corrected chi connectivity index (χ0v) is 12.4. The van der Waals surface area contributed by atoms with Crippen LogP contribution in [0.25, 0.3) is 11.2 Å². The highest BCUT2D eigenvalue weighted by Crippen LogP contribution is 2.21. The van der Waals surface area contributed by atoms with Crippen molar-refractivity contribution in [2.45, 2.75) is 39.8 Å². The fourth-order valence-electron chi connectivity index (χ4n) is 2.15. The van der Waals surface area contributed by atoms with Crippen LogP contribution in [0.3, 0.4) is 0 Å². The van der Waals surface area contributed by atoms with Gasteiger partial charge in [0.2, 0.25) is 5.95 Å². The monoisotopic (exact) mass is 292 g/mol. The van der Waals surface area contributed by atoms with Gasteiger partial charge in [-0.25, -0.2) is 9.78 Å². The van der Waals surface area contributed by atoms with Gasteiger partial charge in [0.05, 0.1) is 6.33 Å². The number of nitrogens with two attached hydrogens (primary N) is 1. The van der Waals surface area contributed by atoms with Gasteiger partial charge in [0, 0.05) is 6.54 Å². The number of imidazole rings is 1. The molecular formula is C13H20N6O2. The SMILES string of the molecule is CCn1cnc2c(NC(CC(C)C)C(=O)O)nc(N)nc21. The van der Waals surface area contributed by atoms with Gasteiger partial charge in [-0.05, 0) is 19.3 Å². The zero-order valence-electron chi connectivity index (χ0n) is 12.4. The number of nitrogens with zero attached hydrogens (tertiary/aromatic N) is 4. The molecule has 0 aliphatic heterocycles. The van der Waals surface area contributed by atoms with Gasteiger partial charge in [0.25, 0.3) is 0 Å². The summed E-state index contributed by atoms with van der Waals surface area (Å²) in [6.45, 7) is 6.59. The van der Waals surface area contributed by atoms with E-state index in [-0.39, 0.29) is 11.9 Å². The summed E-state index contributed by atoms with van der Waals surface area (Å²) in [5.41, 5.74) is 6.84. The lowest BCUT2D eigenvalue weighted by Gasteiger charge is -2.17. The summed E-state index contributed by atoms with van der Waals surface area (Å²) in [4.78, 5) is 23.9. The van der Waals surface area contributed by atoms with Crippen LogP contribution in [-0.2, 0) is 11.3 Å². The second kappa shape index (κ2) is 5.94. The van der Waals surface area contributed by atoms with Crippen LogP contribution in [-0.4, -0.2) is 36.6 Å². The number of hydrogen-bond acceptors (Lipinski definition) is 6. The van der Waals surface area contributed by atoms with Crippen LogP contribution in [0.5, 0.6) is 0 Å². The number of hydrogen-bond donors (Lipinski definition) is 3. The first kappa shape index (κ1) is 15.0. The van der Waals surface area contributed by atoms with Gasteiger partial charge in [-0.1, -0.05) is 13.8 Å². The van der Waals surface area contributed by atoms with Crippen molar-refractivity contribution in [3.05, 3.63) is 6.33 Å². The van der Waals surface area contributed by atoms with Gasteiger partial charge in [-0.15, -0.1) is 0 Å². The first-order valence-corrected chi connectivity index (χ1v) is 6.90. The Labute approximate surface area is 122 Å². The molecule has 0 spiro atoms. The molecule has 8 nitrogen and oxygen atoms in total. The minimum atomic E-state index is -0.927. The van der Waals surface area contributed by atoms with Crippen LogP contribution in [0.4, 0.5) is 11.8 Å². The summed E-state index contributed by atoms with van der Waals surface area (Å²) < 4.78 is 1.83. The molecule has 0 radical (unpaired) electrons. The molecule has 1 atom stereocenters. The molecule has 0 amide bonds. The van der Waals surface area contributed by atoms with Gasteiger partial charge in [-0.2, -0.15) is 9.97 Å². The Bertz CT molecular complexity index is 651. The molecule has 8 heteroatoms. The fourth-order valence-corrected chi connectivity index (χ4v) is 2.15. The Morgan fingerprint density at radius 3 is 2.76 bits per heavy atom. The molecule has 21 heavy (non-hydrogen) atoms. The molecule has 0 saturated heterocycles. The summed E-state index contributed by atoms with van der Waals surface area (Å²) in [6.07, 6.45) is 2.12. The predicted molar refractivity (Wildman–Crippen MR) is 79.9 cm³/mol. The molecule has 2 rings (SSSR count). The number of rotatable bonds is 6. The first-order valence-electron chi connectivity index (χ1n) is 6.90. The number of aromatic nitrogens is 4. The van der Waals surface area contributed by atoms with Gasteiger partial charge in [-0.3, -0.25) is 0 Å². The highest BCUT2D eigenvalue weighted by molar-refractivity contribution is 5.87. The van der Waals surface area contributed by atoms with Crippen LogP contribution < -0.4 is 11.1 Å². The summed E-state index contributed by atoms with van der Waals surface area (Å²) in [5, 5.41) is 12.2. The molecule has 0 aliphatic rings. The topological polar surface area (TPSA) is 119 Å². The molecule has 2 aromatic rings. The number of carboxylic acids is 1. The zero-order chi connectivity index (χ0) is 15.6. The van der Waals surface area contributed by atoms with Gasteiger partial charge < -0.3 is 20.7 Å². The quantitative estimate of drug-likeness (QED) is 0.735. The molecule has 0 saturated carbocycles. The molecule has 2 aromatic heterocycles. The van der Waals surface area contributed by atoms with Crippen molar-refractivity contribution in [2.75, 3.05) is 11.1 Å². The van der Waals surface area contributed by atoms with E-state index < -0.39 is 12.0 Å². The van der Waals surface area contributed by atoms with Crippen LogP contribution in [0, 0.1) is 5.92 Å². The Morgan fingerprint density at radius 1 is 1.48 bits per heavy atom. The maximum absolute atomic E-state index is 11.4. The van der Waals surface area contributed by atoms with Gasteiger partial charge in [0.15, 0.2) is 17.0 Å². The minimum Gasteiger partial charge on any atom is -0.480 e. The van der Waals surface area contributed by atoms with Crippen LogP contribution in [0.2, 0.25) is 0 Å². The van der Waals surface area contributed by atoms with Gasteiger partial charge in [0.1, 0.15) is 6.04 Å². The van der Waals surface area contributed by atoms with Crippen molar-refractivity contribution >= 4 is 28.9 Å². The lowest BCUT2D eigenvalue weighted by molar-refractivity contribution is -0.138. The van der Waals surface area contributed by atoms with Crippen molar-refractivity contribution in [3.8, 4) is 0 Å². The smallest absolute Gasteiger partial charge is 0.326 e. The maximum atomic E-state index is 11.4. The van der Waals surface area contributed by atoms with E-state index in [2.05, 4.69) is 20.3 Å². The number of nitrogens with one attached hydrogen (secondary N) is 1. The molecule has 0 fully saturated rings. The lowest BCUT2D eigenvalue weighted by atomic mass is 10.0. The highest BCUT2D eigenvalue weighted by Gasteiger charge is 2.21. The van der Waals surface area contributed by atoms with Crippen molar-refractivity contribution in [1.29, 1.82) is 0 Å². The Hall–Kier alpha value is -2.38. The van der Waals surface area contributed by atoms with E-state index in [1.54, 1.807) is 6.33 Å². The third-order valence-corrected chi connectivity index (χ3v) is 3.14. The number of aryl methyl sites for hydroxylation is 1. The molecular weight excluding hydrogens is 272 g/mol. The van der Waals surface area contributed by atoms with Gasteiger partial charge >= 0.3 is 5.97 Å². The molecule has 2 heterocycles. The Kier molecular flexibility index (Phi) is 4.25. The number of carbonyl (C=O) groups is 1. The fraction of sp³-hybridized carbons (Fsp3) is 0.538. The van der Waals surface area contributed by atoms with Crippen molar-refractivity contribution < 1.29 is 9.90 Å². The lowest BCUT2D eigenvalue weighted by Crippen LogP contribution is -2.31. The summed E-state index contributed by atoms with van der Waals surface area (Å²) >= 11 is 0. The standard InChI is InChI=1S/C13H20N6O2/c1-4-19-6-15-9-10(17-13(14)18-11(9)19)16-8(12(20)21)5-7(2)3/h6-8H,4-5H2,1-3H3,(H,20,21)(H3,14,16,17,18). The molecule has 4 N–H and O–H groups in total. The van der Waals surface area contributed by atoms with Crippen LogP contribution in [0.15, 0.2) is 6.33 Å². The minimum absolute atomic E-state index is 0.0916. The van der Waals surface area contributed by atoms with Crippen LogP contribution in [0.1, 0.15) is 27.2 Å². The predicted octanol–water partition coefficient (Wildman–Crippen LogP) is 1.34. The number of anilines is 2. The molecule has 1 unspecified atom stereocenters. The van der Waals surface area contributed by atoms with E-state index in [1.807, 2.05) is 25.3 Å². The molecule has 114 valence electrons. The van der Waals surface area contributed by atoms with Crippen molar-refractivity contribution in [1.82, 2.24) is 19.5 Å². The van der Waals surface area contributed by atoms with E-state index in [1.165, 1.54) is 0 Å². The number of carboxylic acid groups (broad SMARTS) is 1. The molecule has 0 aromatic carbocycles. The molecule has 0 aliphatic carbocycles. The normalized spacial score (nSPS) is 12.8.